The second-order valence-corrected chi connectivity index (χ2v) is 12.3. The van der Waals surface area contributed by atoms with Gasteiger partial charge in [-0.15, -0.1) is 0 Å². The van der Waals surface area contributed by atoms with Gasteiger partial charge in [-0.3, -0.25) is 0 Å². The fourth-order valence-corrected chi connectivity index (χ4v) is 7.68. The van der Waals surface area contributed by atoms with Crippen LogP contribution >= 0.6 is 0 Å². The molecule has 0 saturated carbocycles. The minimum absolute atomic E-state index is 0.808. The smallest absolute Gasteiger partial charge is 0.170 e. The molecule has 0 rings (SSSR count). The van der Waals surface area contributed by atoms with Crippen LogP contribution in [0.1, 0.15) is 32.6 Å². The van der Waals surface area contributed by atoms with Gasteiger partial charge in [-0.2, -0.15) is 0 Å². The highest BCUT2D eigenvalue weighted by Gasteiger charge is 2.17. The van der Waals surface area contributed by atoms with Crippen molar-refractivity contribution in [1.29, 1.82) is 0 Å². The van der Waals surface area contributed by atoms with E-state index in [9.17, 15) is 0 Å². The van der Waals surface area contributed by atoms with Crippen molar-refractivity contribution in [3.05, 3.63) is 0 Å². The summed E-state index contributed by atoms with van der Waals surface area (Å²) in [6, 6.07) is 1.38. The van der Waals surface area contributed by atoms with Crippen molar-refractivity contribution >= 4 is 17.4 Å². The second-order valence-electron chi connectivity index (χ2n) is 4.89. The summed E-state index contributed by atoms with van der Waals surface area (Å²) in [5.74, 6) is 0. The van der Waals surface area contributed by atoms with Crippen molar-refractivity contribution in [3.8, 4) is 0 Å². The lowest BCUT2D eigenvalue weighted by Gasteiger charge is -2.22. The van der Waals surface area contributed by atoms with Gasteiger partial charge >= 0.3 is 0 Å². The summed E-state index contributed by atoms with van der Waals surface area (Å²) in [5.41, 5.74) is 0. The SMILES string of the molecule is CCCCCC[SiH](C)O[Si](C)(C)C. The molecule has 1 atom stereocenters. The van der Waals surface area contributed by atoms with Crippen molar-refractivity contribution in [2.45, 2.75) is 64.8 Å². The van der Waals surface area contributed by atoms with Gasteiger partial charge in [-0.25, -0.2) is 0 Å². The molecule has 1 nitrogen and oxygen atoms in total. The zero-order valence-electron chi connectivity index (χ0n) is 10.0. The number of rotatable bonds is 7. The first kappa shape index (κ1) is 13.4. The Kier molecular flexibility index (Phi) is 7.00. The van der Waals surface area contributed by atoms with Gasteiger partial charge in [0.15, 0.2) is 17.4 Å². The molecule has 0 aromatic rings. The van der Waals surface area contributed by atoms with E-state index in [2.05, 4.69) is 33.1 Å². The minimum Gasteiger partial charge on any atom is -0.458 e. The fourth-order valence-electron chi connectivity index (χ4n) is 1.52. The van der Waals surface area contributed by atoms with E-state index in [1.54, 1.807) is 0 Å². The lowest BCUT2D eigenvalue weighted by molar-refractivity contribution is 0.564. The average Bonchev–Trinajstić information content (AvgIpc) is 1.94. The third-order valence-electron chi connectivity index (χ3n) is 2.02. The van der Waals surface area contributed by atoms with E-state index >= 15 is 0 Å². The van der Waals surface area contributed by atoms with Crippen LogP contribution in [-0.4, -0.2) is 17.4 Å². The summed E-state index contributed by atoms with van der Waals surface area (Å²) < 4.78 is 6.10. The highest BCUT2D eigenvalue weighted by atomic mass is 28.4. The lowest BCUT2D eigenvalue weighted by Crippen LogP contribution is -2.32. The molecule has 1 unspecified atom stereocenters. The molecular weight excluding hydrogens is 192 g/mol. The number of unbranched alkanes of at least 4 members (excludes halogenated alkanes) is 3. The normalized spacial score (nSPS) is 14.5. The van der Waals surface area contributed by atoms with E-state index in [0.717, 1.165) is 0 Å². The van der Waals surface area contributed by atoms with Gasteiger partial charge in [-0.05, 0) is 32.2 Å². The molecule has 0 bridgehead atoms. The van der Waals surface area contributed by atoms with Crippen LogP contribution in [0.4, 0.5) is 0 Å². The molecule has 13 heavy (non-hydrogen) atoms. The van der Waals surface area contributed by atoms with Crippen molar-refractivity contribution in [2.24, 2.45) is 0 Å². The van der Waals surface area contributed by atoms with Gasteiger partial charge in [0, 0.05) is 0 Å². The van der Waals surface area contributed by atoms with Gasteiger partial charge in [0.05, 0.1) is 0 Å². The van der Waals surface area contributed by atoms with Crippen LogP contribution in [0.15, 0.2) is 0 Å². The first-order chi connectivity index (χ1) is 5.95. The molecule has 0 spiro atoms. The lowest BCUT2D eigenvalue weighted by atomic mass is 10.2. The summed E-state index contributed by atoms with van der Waals surface area (Å²) >= 11 is 0. The molecule has 0 fully saturated rings. The second kappa shape index (κ2) is 6.79. The number of hydrogen-bond acceptors (Lipinski definition) is 1. The van der Waals surface area contributed by atoms with E-state index in [-0.39, 0.29) is 0 Å². The minimum atomic E-state index is -1.23. The summed E-state index contributed by atoms with van der Waals surface area (Å²) in [6.07, 6.45) is 5.54. The van der Waals surface area contributed by atoms with Crippen LogP contribution < -0.4 is 0 Å². The highest BCUT2D eigenvalue weighted by Crippen LogP contribution is 2.11. The maximum absolute atomic E-state index is 6.10. The van der Waals surface area contributed by atoms with Crippen LogP contribution in [0.25, 0.3) is 0 Å². The Morgan fingerprint density at radius 1 is 1.08 bits per heavy atom. The van der Waals surface area contributed by atoms with E-state index in [1.165, 1.54) is 31.7 Å². The zero-order valence-corrected chi connectivity index (χ0v) is 12.2. The van der Waals surface area contributed by atoms with Crippen LogP contribution in [0, 0.1) is 0 Å². The van der Waals surface area contributed by atoms with E-state index in [1.807, 2.05) is 0 Å². The Bertz CT molecular complexity index is 121. The molecule has 0 aliphatic heterocycles. The van der Waals surface area contributed by atoms with Crippen LogP contribution in [0.5, 0.6) is 0 Å². The summed E-state index contributed by atoms with van der Waals surface area (Å²) in [4.78, 5) is 0. The maximum Gasteiger partial charge on any atom is 0.170 e. The topological polar surface area (TPSA) is 9.23 Å². The Morgan fingerprint density at radius 3 is 2.15 bits per heavy atom. The zero-order chi connectivity index (χ0) is 10.3. The Morgan fingerprint density at radius 2 is 1.69 bits per heavy atom. The van der Waals surface area contributed by atoms with Crippen molar-refractivity contribution in [1.82, 2.24) is 0 Å². The quantitative estimate of drug-likeness (QED) is 0.467. The Balaban J connectivity index is 3.35. The van der Waals surface area contributed by atoms with Gasteiger partial charge in [0.1, 0.15) is 0 Å². The maximum atomic E-state index is 6.10. The van der Waals surface area contributed by atoms with Crippen molar-refractivity contribution in [3.63, 3.8) is 0 Å². The van der Waals surface area contributed by atoms with Crippen LogP contribution in [0.3, 0.4) is 0 Å². The Labute approximate surface area is 86.7 Å². The third kappa shape index (κ3) is 10.3. The number of hydrogen-bond donors (Lipinski definition) is 0. The molecule has 0 saturated heterocycles. The largest absolute Gasteiger partial charge is 0.458 e. The predicted octanol–water partition coefficient (Wildman–Crippen LogP) is 3.77. The van der Waals surface area contributed by atoms with Gasteiger partial charge < -0.3 is 4.12 Å². The fraction of sp³-hybridized carbons (Fsp3) is 1.00. The van der Waals surface area contributed by atoms with E-state index < -0.39 is 17.4 Å². The third-order valence-corrected chi connectivity index (χ3v) is 7.68. The summed E-state index contributed by atoms with van der Waals surface area (Å²) in [7, 11) is -2.04. The van der Waals surface area contributed by atoms with Crippen molar-refractivity contribution in [2.75, 3.05) is 0 Å². The summed E-state index contributed by atoms with van der Waals surface area (Å²) in [6.45, 7) is 11.5. The molecule has 3 heteroatoms. The van der Waals surface area contributed by atoms with E-state index in [4.69, 9.17) is 4.12 Å². The molecule has 0 aromatic carbocycles. The molecule has 0 aromatic heterocycles. The average molecular weight is 218 g/mol. The van der Waals surface area contributed by atoms with Crippen LogP contribution in [-0.2, 0) is 4.12 Å². The van der Waals surface area contributed by atoms with Crippen LogP contribution in [0.2, 0.25) is 32.2 Å². The molecule has 0 heterocycles. The van der Waals surface area contributed by atoms with Gasteiger partial charge in [-0.1, -0.05) is 32.6 Å². The first-order valence-corrected chi connectivity index (χ1v) is 11.5. The van der Waals surface area contributed by atoms with Gasteiger partial charge in [0.2, 0.25) is 0 Å². The molecular formula is C10H26OSi2. The first-order valence-electron chi connectivity index (χ1n) is 5.63. The van der Waals surface area contributed by atoms with E-state index in [0.29, 0.717) is 0 Å². The summed E-state index contributed by atoms with van der Waals surface area (Å²) in [5, 5.41) is 0. The molecule has 0 radical (unpaired) electrons. The molecule has 0 amide bonds. The molecule has 0 aliphatic rings. The Hall–Kier alpha value is 0.394. The predicted molar refractivity (Wildman–Crippen MR) is 66.4 cm³/mol. The molecule has 80 valence electrons. The highest BCUT2D eigenvalue weighted by molar-refractivity contribution is 6.77. The van der Waals surface area contributed by atoms with Gasteiger partial charge in [0.25, 0.3) is 0 Å². The molecule has 0 N–H and O–H groups in total. The molecule has 0 aliphatic carbocycles. The van der Waals surface area contributed by atoms with Crippen molar-refractivity contribution < 1.29 is 4.12 Å². The monoisotopic (exact) mass is 218 g/mol. The standard InChI is InChI=1S/C10H26OSi2/c1-6-7-8-9-10-12(2)11-13(3,4)5/h12H,6-10H2,1-5H3.